The first-order chi connectivity index (χ1) is 27.6. The van der Waals surface area contributed by atoms with E-state index in [2.05, 4.69) is 79.1 Å². The highest BCUT2D eigenvalue weighted by Crippen LogP contribution is 2.43. The predicted octanol–water partition coefficient (Wildman–Crippen LogP) is 11.3. The first kappa shape index (κ1) is 53.9. The molecule has 0 aromatic rings. The number of phosphoric acid groups is 1. The Bertz CT molecular complexity index is 1240. The number of rotatable bonds is 39. The number of hydrogen-bond acceptors (Lipinski definition) is 9. The summed E-state index contributed by atoms with van der Waals surface area (Å²) in [6.07, 6.45) is 46.9. The maximum Gasteiger partial charge on any atom is 0.472 e. The number of carbonyl (C=O) groups is 3. The number of aliphatic carboxylic acids is 1. The highest BCUT2D eigenvalue weighted by atomic mass is 31.2. The minimum atomic E-state index is -4.73. The molecule has 4 N–H and O–H groups in total. The van der Waals surface area contributed by atoms with E-state index >= 15 is 0 Å². The first-order valence-electron chi connectivity index (χ1n) is 21.5. The van der Waals surface area contributed by atoms with Gasteiger partial charge in [0.15, 0.2) is 6.10 Å². The van der Waals surface area contributed by atoms with Crippen LogP contribution in [0, 0.1) is 0 Å². The summed E-state index contributed by atoms with van der Waals surface area (Å²) in [6, 6.07) is -1.53. The molecule has 0 radical (unpaired) electrons. The lowest BCUT2D eigenvalue weighted by Crippen LogP contribution is -2.34. The molecule has 0 spiro atoms. The van der Waals surface area contributed by atoms with Crippen molar-refractivity contribution in [1.82, 2.24) is 0 Å². The van der Waals surface area contributed by atoms with Crippen molar-refractivity contribution in [3.63, 3.8) is 0 Å². The Hall–Kier alpha value is -3.08. The number of nitrogens with two attached hydrogens (primary N) is 1. The van der Waals surface area contributed by atoms with E-state index in [1.54, 1.807) is 0 Å². The van der Waals surface area contributed by atoms with Crippen LogP contribution in [-0.4, -0.2) is 59.9 Å². The average molecular weight is 822 g/mol. The molecule has 0 fully saturated rings. The fourth-order valence-corrected chi connectivity index (χ4v) is 6.11. The van der Waals surface area contributed by atoms with Gasteiger partial charge in [-0.15, -0.1) is 0 Å². The van der Waals surface area contributed by atoms with Crippen LogP contribution in [0.5, 0.6) is 0 Å². The summed E-state index contributed by atoms with van der Waals surface area (Å²) < 4.78 is 32.6. The van der Waals surface area contributed by atoms with Gasteiger partial charge in [-0.1, -0.05) is 145 Å². The van der Waals surface area contributed by atoms with Crippen LogP contribution < -0.4 is 5.73 Å². The number of unbranched alkanes of at least 4 members (excludes halogenated alkanes) is 13. The molecule has 0 heterocycles. The third kappa shape index (κ3) is 39.5. The third-order valence-corrected chi connectivity index (χ3v) is 9.64. The molecule has 0 saturated heterocycles. The highest BCUT2D eigenvalue weighted by Gasteiger charge is 2.28. The van der Waals surface area contributed by atoms with Crippen molar-refractivity contribution in [2.45, 2.75) is 174 Å². The molecule has 0 aliphatic heterocycles. The van der Waals surface area contributed by atoms with Crippen LogP contribution in [0.25, 0.3) is 0 Å². The molecule has 11 nitrogen and oxygen atoms in total. The molecule has 326 valence electrons. The van der Waals surface area contributed by atoms with E-state index < -0.39 is 51.1 Å². The normalized spacial score (nSPS) is 14.5. The Labute approximate surface area is 344 Å². The molecule has 1 unspecified atom stereocenters. The topological polar surface area (TPSA) is 172 Å². The van der Waals surface area contributed by atoms with Gasteiger partial charge < -0.3 is 25.2 Å². The Balaban J connectivity index is 4.49. The summed E-state index contributed by atoms with van der Waals surface area (Å²) >= 11 is 0. The summed E-state index contributed by atoms with van der Waals surface area (Å²) in [5.74, 6) is -2.47. The molecule has 0 aromatic heterocycles. The van der Waals surface area contributed by atoms with Crippen molar-refractivity contribution in [3.05, 3.63) is 72.9 Å². The fraction of sp³-hybridized carbons (Fsp3) is 0.667. The lowest BCUT2D eigenvalue weighted by Gasteiger charge is -2.20. The Morgan fingerprint density at radius 3 is 1.54 bits per heavy atom. The van der Waals surface area contributed by atoms with Crippen molar-refractivity contribution < 1.29 is 47.5 Å². The zero-order valence-electron chi connectivity index (χ0n) is 35.2. The highest BCUT2D eigenvalue weighted by molar-refractivity contribution is 7.47. The van der Waals surface area contributed by atoms with Gasteiger partial charge in [-0.2, -0.15) is 0 Å². The molecule has 3 atom stereocenters. The standard InChI is InChI=1S/C45H76NO10P/c1-3-5-7-9-11-13-15-17-19-21-23-24-26-28-30-32-34-36-43(47)53-38-41(39-54-57(51,52)55-40-42(46)45(49)50)56-44(48)37-35-33-31-29-27-25-22-20-18-16-14-12-10-8-6-4-2/h5,7,11,13,17,19-20,22-24,28,30,41-42H,3-4,6,8-10,12,14-16,18,21,25-27,29,31-40,46H2,1-2H3,(H,49,50)(H,51,52)/b7-5-,13-11-,19-17-,22-20-,24-23-,30-28-/t41-,42+/m1/s1. The molecule has 0 rings (SSSR count). The monoisotopic (exact) mass is 822 g/mol. The molecule has 57 heavy (non-hydrogen) atoms. The minimum absolute atomic E-state index is 0.136. The zero-order chi connectivity index (χ0) is 42.1. The second-order valence-corrected chi connectivity index (χ2v) is 15.5. The van der Waals surface area contributed by atoms with Crippen LogP contribution in [-0.2, 0) is 37.5 Å². The summed E-state index contributed by atoms with van der Waals surface area (Å²) in [6.45, 7) is 2.61. The van der Waals surface area contributed by atoms with Crippen molar-refractivity contribution in [2.75, 3.05) is 19.8 Å². The SMILES string of the molecule is CC/C=C\C/C=C\C/C=C\C/C=C\C/C=C\CCCC(=O)OC[C@H](COP(=O)(O)OC[C@H](N)C(=O)O)OC(=O)CCCCCCC/C=C\CCCCCCCCC. The minimum Gasteiger partial charge on any atom is -0.480 e. The lowest BCUT2D eigenvalue weighted by atomic mass is 10.1. The molecular weight excluding hydrogens is 745 g/mol. The Morgan fingerprint density at radius 1 is 0.561 bits per heavy atom. The number of esters is 2. The van der Waals surface area contributed by atoms with E-state index in [9.17, 15) is 23.8 Å². The first-order valence-corrected chi connectivity index (χ1v) is 23.0. The van der Waals surface area contributed by atoms with Crippen molar-refractivity contribution in [3.8, 4) is 0 Å². The fourth-order valence-electron chi connectivity index (χ4n) is 5.33. The number of ether oxygens (including phenoxy) is 2. The number of carboxylic acid groups (broad SMARTS) is 1. The average Bonchev–Trinajstić information content (AvgIpc) is 3.19. The number of hydrogen-bond donors (Lipinski definition) is 3. The summed E-state index contributed by atoms with van der Waals surface area (Å²) in [4.78, 5) is 45.9. The quantitative estimate of drug-likeness (QED) is 0.0233. The van der Waals surface area contributed by atoms with Crippen LogP contribution in [0.3, 0.4) is 0 Å². The van der Waals surface area contributed by atoms with Crippen molar-refractivity contribution >= 4 is 25.7 Å². The van der Waals surface area contributed by atoms with Crippen LogP contribution in [0.1, 0.15) is 162 Å². The van der Waals surface area contributed by atoms with Gasteiger partial charge in [0.2, 0.25) is 0 Å². The number of phosphoric ester groups is 1. The van der Waals surface area contributed by atoms with Gasteiger partial charge in [-0.25, -0.2) is 4.57 Å². The van der Waals surface area contributed by atoms with Crippen molar-refractivity contribution in [2.24, 2.45) is 5.73 Å². The third-order valence-electron chi connectivity index (χ3n) is 8.69. The van der Waals surface area contributed by atoms with E-state index in [1.807, 2.05) is 12.2 Å². The molecule has 0 amide bonds. The van der Waals surface area contributed by atoms with Gasteiger partial charge in [-0.05, 0) is 77.0 Å². The van der Waals surface area contributed by atoms with Gasteiger partial charge in [0, 0.05) is 12.8 Å². The van der Waals surface area contributed by atoms with Gasteiger partial charge in [0.1, 0.15) is 12.6 Å². The number of allylic oxidation sites excluding steroid dienone is 12. The summed E-state index contributed by atoms with van der Waals surface area (Å²) in [5, 5.41) is 8.88. The maximum absolute atomic E-state index is 12.6. The van der Waals surface area contributed by atoms with Crippen LogP contribution in [0.4, 0.5) is 0 Å². The lowest BCUT2D eigenvalue weighted by molar-refractivity contribution is -0.161. The second kappa shape index (κ2) is 39.7. The van der Waals surface area contributed by atoms with Crippen LogP contribution >= 0.6 is 7.82 Å². The van der Waals surface area contributed by atoms with E-state index in [-0.39, 0.29) is 19.4 Å². The largest absolute Gasteiger partial charge is 0.480 e. The molecule has 0 bridgehead atoms. The van der Waals surface area contributed by atoms with Crippen molar-refractivity contribution in [1.29, 1.82) is 0 Å². The molecule has 0 aliphatic carbocycles. The molecule has 12 heteroatoms. The molecular formula is C45H76NO10P. The molecule has 0 aromatic carbocycles. The van der Waals surface area contributed by atoms with Gasteiger partial charge in [0.05, 0.1) is 13.2 Å². The van der Waals surface area contributed by atoms with Gasteiger partial charge in [0.25, 0.3) is 0 Å². The smallest absolute Gasteiger partial charge is 0.472 e. The van der Waals surface area contributed by atoms with Gasteiger partial charge in [-0.3, -0.25) is 23.4 Å². The van der Waals surface area contributed by atoms with Crippen LogP contribution in [0.2, 0.25) is 0 Å². The van der Waals surface area contributed by atoms with E-state index in [0.29, 0.717) is 19.3 Å². The Kier molecular flexibility index (Phi) is 37.6. The number of carbonyl (C=O) groups excluding carboxylic acids is 2. The van der Waals surface area contributed by atoms with E-state index in [0.717, 1.165) is 70.6 Å². The number of carboxylic acids is 1. The predicted molar refractivity (Wildman–Crippen MR) is 231 cm³/mol. The van der Waals surface area contributed by atoms with E-state index in [4.69, 9.17) is 24.8 Å². The molecule has 0 aliphatic rings. The molecule has 0 saturated carbocycles. The summed E-state index contributed by atoms with van der Waals surface area (Å²) in [7, 11) is -4.73. The van der Waals surface area contributed by atoms with E-state index in [1.165, 1.54) is 44.9 Å². The van der Waals surface area contributed by atoms with Crippen LogP contribution in [0.15, 0.2) is 72.9 Å². The second-order valence-electron chi connectivity index (χ2n) is 14.1. The zero-order valence-corrected chi connectivity index (χ0v) is 36.0. The Morgan fingerprint density at radius 2 is 1.00 bits per heavy atom. The summed E-state index contributed by atoms with van der Waals surface area (Å²) in [5.41, 5.74) is 5.33. The maximum atomic E-state index is 12.6. The van der Waals surface area contributed by atoms with Gasteiger partial charge >= 0.3 is 25.7 Å².